The molecule has 1 aromatic heterocycles. The molecule has 0 saturated carbocycles. The van der Waals surface area contributed by atoms with Crippen LogP contribution in [0.3, 0.4) is 0 Å². The fraction of sp³-hybridized carbons (Fsp3) is 0.0909. The second kappa shape index (κ2) is 8.67. The van der Waals surface area contributed by atoms with Crippen LogP contribution in [0, 0.1) is 12.7 Å². The van der Waals surface area contributed by atoms with Crippen molar-refractivity contribution in [2.75, 3.05) is 5.32 Å². The van der Waals surface area contributed by atoms with Crippen LogP contribution in [0.5, 0.6) is 5.75 Å². The van der Waals surface area contributed by atoms with Crippen molar-refractivity contribution in [3.8, 4) is 5.75 Å². The molecule has 0 amide bonds. The van der Waals surface area contributed by atoms with Crippen LogP contribution in [0.2, 0.25) is 0 Å². The van der Waals surface area contributed by atoms with Gasteiger partial charge in [0.1, 0.15) is 30.3 Å². The smallest absolute Gasteiger partial charge is 0.141 e. The van der Waals surface area contributed by atoms with E-state index in [2.05, 4.69) is 15.3 Å². The lowest BCUT2D eigenvalue weighted by Crippen LogP contribution is -2.00. The molecule has 0 unspecified atom stereocenters. The number of aromatic nitrogens is 2. The molecule has 0 aliphatic rings. The Balaban J connectivity index is 0.00000225. The maximum atomic E-state index is 13.7. The van der Waals surface area contributed by atoms with Gasteiger partial charge in [-0.25, -0.2) is 14.4 Å². The van der Waals surface area contributed by atoms with Crippen molar-refractivity contribution in [1.82, 2.24) is 9.97 Å². The fourth-order valence-electron chi connectivity index (χ4n) is 2.87. The molecule has 0 radical (unpaired) electrons. The molecule has 0 atom stereocenters. The minimum atomic E-state index is -0.261. The van der Waals surface area contributed by atoms with E-state index in [4.69, 9.17) is 4.74 Å². The van der Waals surface area contributed by atoms with Gasteiger partial charge in [0.2, 0.25) is 0 Å². The van der Waals surface area contributed by atoms with Crippen molar-refractivity contribution in [2.24, 2.45) is 0 Å². The average Bonchev–Trinajstić information content (AvgIpc) is 2.69. The zero-order valence-corrected chi connectivity index (χ0v) is 16.0. The summed E-state index contributed by atoms with van der Waals surface area (Å²) in [5.41, 5.74) is 3.35. The number of para-hydroxylation sites is 1. The van der Waals surface area contributed by atoms with E-state index in [1.807, 2.05) is 49.4 Å². The Hall–Kier alpha value is -3.18. The van der Waals surface area contributed by atoms with Crippen LogP contribution in [0.25, 0.3) is 10.9 Å². The highest BCUT2D eigenvalue weighted by molar-refractivity contribution is 5.90. The first-order valence-electron chi connectivity index (χ1n) is 8.64. The minimum absolute atomic E-state index is 0. The lowest BCUT2D eigenvalue weighted by atomic mass is 10.1. The van der Waals surface area contributed by atoms with Gasteiger partial charge in [-0.15, -0.1) is 12.4 Å². The molecule has 0 bridgehead atoms. The molecular formula is C22H19ClFN3O. The van der Waals surface area contributed by atoms with E-state index in [1.54, 1.807) is 24.5 Å². The van der Waals surface area contributed by atoms with Gasteiger partial charge in [-0.3, -0.25) is 0 Å². The Morgan fingerprint density at radius 1 is 0.964 bits per heavy atom. The highest BCUT2D eigenvalue weighted by Gasteiger charge is 2.07. The highest BCUT2D eigenvalue weighted by Crippen LogP contribution is 2.27. The number of anilines is 2. The average molecular weight is 396 g/mol. The quantitative estimate of drug-likeness (QED) is 0.462. The van der Waals surface area contributed by atoms with Crippen molar-refractivity contribution in [1.29, 1.82) is 0 Å². The largest absolute Gasteiger partial charge is 0.489 e. The predicted molar refractivity (Wildman–Crippen MR) is 112 cm³/mol. The van der Waals surface area contributed by atoms with Gasteiger partial charge in [-0.1, -0.05) is 30.3 Å². The summed E-state index contributed by atoms with van der Waals surface area (Å²) in [6.45, 7) is 2.18. The van der Waals surface area contributed by atoms with E-state index in [0.717, 1.165) is 28.0 Å². The number of hydrogen-bond donors (Lipinski definition) is 1. The van der Waals surface area contributed by atoms with Crippen LogP contribution in [-0.4, -0.2) is 9.97 Å². The van der Waals surface area contributed by atoms with Crippen molar-refractivity contribution in [3.63, 3.8) is 0 Å². The number of aryl methyl sites for hydroxylation is 1. The molecule has 6 heteroatoms. The highest BCUT2D eigenvalue weighted by atomic mass is 35.5. The molecular weight excluding hydrogens is 377 g/mol. The molecule has 4 aromatic rings. The van der Waals surface area contributed by atoms with Gasteiger partial charge in [-0.2, -0.15) is 0 Å². The second-order valence-electron chi connectivity index (χ2n) is 6.22. The summed E-state index contributed by atoms with van der Waals surface area (Å²) >= 11 is 0. The fourth-order valence-corrected chi connectivity index (χ4v) is 2.87. The molecule has 1 heterocycles. The lowest BCUT2D eigenvalue weighted by Gasteiger charge is -2.13. The Morgan fingerprint density at radius 3 is 2.57 bits per heavy atom. The molecule has 142 valence electrons. The van der Waals surface area contributed by atoms with E-state index < -0.39 is 0 Å². The van der Waals surface area contributed by atoms with Crippen molar-refractivity contribution in [3.05, 3.63) is 90.0 Å². The first-order chi connectivity index (χ1) is 13.2. The van der Waals surface area contributed by atoms with E-state index in [1.165, 1.54) is 6.07 Å². The minimum Gasteiger partial charge on any atom is -0.489 e. The number of benzene rings is 3. The molecule has 0 spiro atoms. The Kier molecular flexibility index (Phi) is 6.06. The summed E-state index contributed by atoms with van der Waals surface area (Å²) in [6, 6.07) is 20.2. The van der Waals surface area contributed by atoms with Crippen LogP contribution in [0.1, 0.15) is 11.1 Å². The van der Waals surface area contributed by atoms with E-state index >= 15 is 0 Å². The van der Waals surface area contributed by atoms with E-state index in [-0.39, 0.29) is 24.8 Å². The molecule has 28 heavy (non-hydrogen) atoms. The second-order valence-corrected chi connectivity index (χ2v) is 6.22. The summed E-state index contributed by atoms with van der Waals surface area (Å²) in [4.78, 5) is 8.63. The number of nitrogens with one attached hydrogen (secondary N) is 1. The normalized spacial score (nSPS) is 10.4. The third-order valence-electron chi connectivity index (χ3n) is 4.35. The molecule has 0 aliphatic carbocycles. The molecule has 0 saturated heterocycles. The van der Waals surface area contributed by atoms with Gasteiger partial charge >= 0.3 is 0 Å². The number of halogens is 2. The molecule has 4 nitrogen and oxygen atoms in total. The van der Waals surface area contributed by atoms with E-state index in [9.17, 15) is 4.39 Å². The Bertz CT molecular complexity index is 1100. The molecule has 4 rings (SSSR count). The van der Waals surface area contributed by atoms with Crippen molar-refractivity contribution >= 4 is 34.8 Å². The lowest BCUT2D eigenvalue weighted by molar-refractivity contribution is 0.299. The summed E-state index contributed by atoms with van der Waals surface area (Å²) in [6.07, 6.45) is 1.55. The molecule has 1 N–H and O–H groups in total. The molecule has 3 aromatic carbocycles. The van der Waals surface area contributed by atoms with Crippen molar-refractivity contribution < 1.29 is 9.13 Å². The van der Waals surface area contributed by atoms with E-state index in [0.29, 0.717) is 11.3 Å². The Labute approximate surface area is 168 Å². The maximum absolute atomic E-state index is 13.7. The van der Waals surface area contributed by atoms with Gasteiger partial charge < -0.3 is 10.1 Å². The van der Waals surface area contributed by atoms with Crippen LogP contribution in [0.15, 0.2) is 73.1 Å². The third-order valence-corrected chi connectivity index (χ3v) is 4.35. The monoisotopic (exact) mass is 395 g/mol. The number of rotatable bonds is 5. The van der Waals surface area contributed by atoms with Crippen molar-refractivity contribution in [2.45, 2.75) is 13.5 Å². The number of nitrogens with zero attached hydrogens (tertiary/aromatic N) is 2. The van der Waals surface area contributed by atoms with Gasteiger partial charge in [0, 0.05) is 16.6 Å². The molecule has 0 fully saturated rings. The summed E-state index contributed by atoms with van der Waals surface area (Å²) in [7, 11) is 0. The van der Waals surface area contributed by atoms with Crippen LogP contribution in [0.4, 0.5) is 15.9 Å². The van der Waals surface area contributed by atoms with Gasteiger partial charge in [0.25, 0.3) is 0 Å². The third kappa shape index (κ3) is 4.21. The zero-order valence-electron chi connectivity index (χ0n) is 15.2. The zero-order chi connectivity index (χ0) is 18.6. The summed E-state index contributed by atoms with van der Waals surface area (Å²) in [5, 5.41) is 4.32. The topological polar surface area (TPSA) is 47.0 Å². The van der Waals surface area contributed by atoms with Gasteiger partial charge in [0.15, 0.2) is 0 Å². The summed E-state index contributed by atoms with van der Waals surface area (Å²) < 4.78 is 19.4. The molecule has 0 aliphatic heterocycles. The van der Waals surface area contributed by atoms with Gasteiger partial charge in [-0.05, 0) is 48.9 Å². The van der Waals surface area contributed by atoms with Crippen LogP contribution >= 0.6 is 12.4 Å². The number of ether oxygens (including phenoxy) is 1. The first kappa shape index (κ1) is 19.6. The Morgan fingerprint density at radius 2 is 1.75 bits per heavy atom. The number of hydrogen-bond acceptors (Lipinski definition) is 4. The van der Waals surface area contributed by atoms with Gasteiger partial charge in [0.05, 0.1) is 5.52 Å². The SMILES string of the molecule is Cc1cc(OCc2ccccc2F)ccc1Nc1ncnc2ccccc12.Cl. The summed E-state index contributed by atoms with van der Waals surface area (Å²) in [5.74, 6) is 1.18. The van der Waals surface area contributed by atoms with Crippen LogP contribution < -0.4 is 10.1 Å². The van der Waals surface area contributed by atoms with Crippen LogP contribution in [-0.2, 0) is 6.61 Å². The predicted octanol–water partition coefficient (Wildman–Crippen LogP) is 5.82. The standard InChI is InChI=1S/C22H18FN3O.ClH/c1-15-12-17(27-13-16-6-2-4-8-19(16)23)10-11-20(15)26-22-18-7-3-5-9-21(18)24-14-25-22;/h2-12,14H,13H2,1H3,(H,24,25,26);1H. The first-order valence-corrected chi connectivity index (χ1v) is 8.64. The number of fused-ring (bicyclic) bond motifs is 1. The maximum Gasteiger partial charge on any atom is 0.141 e.